The number of benzene rings is 1. The van der Waals surface area contributed by atoms with E-state index < -0.39 is 0 Å². The normalized spacial score (nSPS) is 18.7. The quantitative estimate of drug-likeness (QED) is 0.739. The highest BCUT2D eigenvalue weighted by Crippen LogP contribution is 2.28. The molecule has 29 heavy (non-hydrogen) atoms. The van der Waals surface area contributed by atoms with Gasteiger partial charge in [-0.1, -0.05) is 18.2 Å². The summed E-state index contributed by atoms with van der Waals surface area (Å²) in [6.07, 6.45) is 3.37. The number of ether oxygens (including phenoxy) is 1. The standard InChI is InChI=1S/C22H23N5O2/c1-26-21(28)11-19(15-4-6-23-7-5-15)25-22(26)27-8-9-29-20(14-27)16-2-3-17-12-24-13-18(17)10-16/h2-7,10-11,20,24H,8-9,12-14H2,1H3. The first-order valence-electron chi connectivity index (χ1n) is 9.86. The Morgan fingerprint density at radius 2 is 1.93 bits per heavy atom. The van der Waals surface area contributed by atoms with E-state index in [-0.39, 0.29) is 11.7 Å². The molecule has 0 amide bonds. The van der Waals surface area contributed by atoms with Crippen LogP contribution in [0.25, 0.3) is 11.3 Å². The van der Waals surface area contributed by atoms with Crippen LogP contribution >= 0.6 is 0 Å². The number of nitrogens with one attached hydrogen (secondary N) is 1. The van der Waals surface area contributed by atoms with E-state index in [1.54, 1.807) is 30.1 Å². The Hall–Kier alpha value is -3.03. The molecule has 0 bridgehead atoms. The second-order valence-electron chi connectivity index (χ2n) is 7.51. The molecule has 0 aliphatic carbocycles. The fourth-order valence-corrected chi connectivity index (χ4v) is 4.03. The number of fused-ring (bicyclic) bond motifs is 1. The van der Waals surface area contributed by atoms with Gasteiger partial charge < -0.3 is 15.0 Å². The number of hydrogen-bond acceptors (Lipinski definition) is 6. The molecular weight excluding hydrogens is 366 g/mol. The summed E-state index contributed by atoms with van der Waals surface area (Å²) in [6, 6.07) is 11.9. The van der Waals surface area contributed by atoms with Gasteiger partial charge in [-0.05, 0) is 28.8 Å². The van der Waals surface area contributed by atoms with Crippen LogP contribution in [0.4, 0.5) is 5.95 Å². The molecule has 4 heterocycles. The van der Waals surface area contributed by atoms with Gasteiger partial charge in [0.15, 0.2) is 0 Å². The summed E-state index contributed by atoms with van der Waals surface area (Å²) in [6.45, 7) is 3.79. The molecule has 1 fully saturated rings. The Morgan fingerprint density at radius 3 is 2.79 bits per heavy atom. The van der Waals surface area contributed by atoms with Crippen LogP contribution in [0.5, 0.6) is 0 Å². The first-order valence-corrected chi connectivity index (χ1v) is 9.86. The molecule has 0 radical (unpaired) electrons. The fraction of sp³-hybridized carbons (Fsp3) is 0.318. The molecule has 1 saturated heterocycles. The maximum absolute atomic E-state index is 12.6. The summed E-state index contributed by atoms with van der Waals surface area (Å²) in [7, 11) is 1.77. The molecule has 0 saturated carbocycles. The van der Waals surface area contributed by atoms with E-state index in [1.165, 1.54) is 16.7 Å². The lowest BCUT2D eigenvalue weighted by Crippen LogP contribution is -2.41. The lowest BCUT2D eigenvalue weighted by molar-refractivity contribution is 0.0389. The first kappa shape index (κ1) is 18.0. The number of hydrogen-bond donors (Lipinski definition) is 1. The minimum atomic E-state index is -0.0755. The molecular formula is C22H23N5O2. The molecule has 3 aromatic rings. The number of anilines is 1. The zero-order valence-electron chi connectivity index (χ0n) is 16.3. The number of aromatic nitrogens is 3. The topological polar surface area (TPSA) is 72.3 Å². The van der Waals surface area contributed by atoms with E-state index in [0.29, 0.717) is 31.3 Å². The summed E-state index contributed by atoms with van der Waals surface area (Å²) in [5.41, 5.74) is 5.34. The second-order valence-corrected chi connectivity index (χ2v) is 7.51. The van der Waals surface area contributed by atoms with Crippen LogP contribution < -0.4 is 15.8 Å². The van der Waals surface area contributed by atoms with Gasteiger partial charge in [0.25, 0.3) is 5.56 Å². The van der Waals surface area contributed by atoms with E-state index in [2.05, 4.69) is 33.4 Å². The van der Waals surface area contributed by atoms with Crippen molar-refractivity contribution in [3.8, 4) is 11.3 Å². The predicted molar refractivity (Wildman–Crippen MR) is 111 cm³/mol. The Morgan fingerprint density at radius 1 is 1.10 bits per heavy atom. The number of nitrogens with zero attached hydrogens (tertiary/aromatic N) is 4. The maximum Gasteiger partial charge on any atom is 0.255 e. The van der Waals surface area contributed by atoms with Crippen molar-refractivity contribution in [2.75, 3.05) is 24.6 Å². The highest BCUT2D eigenvalue weighted by Gasteiger charge is 2.26. The molecule has 1 unspecified atom stereocenters. The summed E-state index contributed by atoms with van der Waals surface area (Å²) in [5, 5.41) is 3.38. The number of morpholine rings is 1. The van der Waals surface area contributed by atoms with Gasteiger partial charge in [0, 0.05) is 50.7 Å². The first-order chi connectivity index (χ1) is 14.2. The Bertz CT molecular complexity index is 1100. The molecule has 0 spiro atoms. The number of rotatable bonds is 3. The molecule has 7 heteroatoms. The van der Waals surface area contributed by atoms with Gasteiger partial charge in [0.1, 0.15) is 6.10 Å². The van der Waals surface area contributed by atoms with Crippen LogP contribution in [0.1, 0.15) is 22.8 Å². The van der Waals surface area contributed by atoms with Crippen LogP contribution in [-0.2, 0) is 24.9 Å². The molecule has 2 aliphatic heterocycles. The van der Waals surface area contributed by atoms with Crippen LogP contribution in [-0.4, -0.2) is 34.2 Å². The van der Waals surface area contributed by atoms with E-state index in [1.807, 2.05) is 12.1 Å². The fourth-order valence-electron chi connectivity index (χ4n) is 4.03. The summed E-state index contributed by atoms with van der Waals surface area (Å²) < 4.78 is 7.69. The van der Waals surface area contributed by atoms with Crippen LogP contribution in [0.2, 0.25) is 0 Å². The lowest BCUT2D eigenvalue weighted by Gasteiger charge is -2.34. The van der Waals surface area contributed by atoms with Gasteiger partial charge in [0.2, 0.25) is 5.95 Å². The van der Waals surface area contributed by atoms with E-state index in [0.717, 1.165) is 18.7 Å². The molecule has 1 aromatic carbocycles. The summed E-state index contributed by atoms with van der Waals surface area (Å²) in [5.74, 6) is 0.667. The SMILES string of the molecule is Cn1c(N2CCOC(c3ccc4c(c3)CNC4)C2)nc(-c2ccncc2)cc1=O. The molecule has 148 valence electrons. The minimum absolute atomic E-state index is 0.0452. The van der Waals surface area contributed by atoms with Gasteiger partial charge in [-0.3, -0.25) is 14.3 Å². The average Bonchev–Trinajstić information content (AvgIpc) is 3.24. The summed E-state index contributed by atoms with van der Waals surface area (Å²) >= 11 is 0. The van der Waals surface area contributed by atoms with E-state index in [9.17, 15) is 4.79 Å². The zero-order chi connectivity index (χ0) is 19.8. The van der Waals surface area contributed by atoms with Crippen molar-refractivity contribution < 1.29 is 4.74 Å². The van der Waals surface area contributed by atoms with Crippen molar-refractivity contribution in [1.29, 1.82) is 0 Å². The summed E-state index contributed by atoms with van der Waals surface area (Å²) in [4.78, 5) is 23.6. The monoisotopic (exact) mass is 389 g/mol. The van der Waals surface area contributed by atoms with Crippen LogP contribution in [0, 0.1) is 0 Å². The van der Waals surface area contributed by atoms with Crippen molar-refractivity contribution >= 4 is 5.95 Å². The van der Waals surface area contributed by atoms with Crippen LogP contribution in [0.3, 0.4) is 0 Å². The molecule has 5 rings (SSSR count). The van der Waals surface area contributed by atoms with Crippen molar-refractivity contribution in [3.05, 3.63) is 75.8 Å². The van der Waals surface area contributed by atoms with Crippen LogP contribution in [0.15, 0.2) is 53.6 Å². The maximum atomic E-state index is 12.6. The van der Waals surface area contributed by atoms with E-state index >= 15 is 0 Å². The zero-order valence-corrected chi connectivity index (χ0v) is 16.3. The third-order valence-electron chi connectivity index (χ3n) is 5.67. The van der Waals surface area contributed by atoms with E-state index in [4.69, 9.17) is 9.72 Å². The van der Waals surface area contributed by atoms with Gasteiger partial charge in [-0.2, -0.15) is 0 Å². The molecule has 2 aliphatic rings. The molecule has 1 atom stereocenters. The second kappa shape index (κ2) is 7.42. The third kappa shape index (κ3) is 3.43. The molecule has 7 nitrogen and oxygen atoms in total. The van der Waals surface area contributed by atoms with Crippen molar-refractivity contribution in [1.82, 2.24) is 19.9 Å². The Labute approximate surface area is 169 Å². The highest BCUT2D eigenvalue weighted by molar-refractivity contribution is 5.59. The minimum Gasteiger partial charge on any atom is -0.370 e. The largest absolute Gasteiger partial charge is 0.370 e. The predicted octanol–water partition coefficient (Wildman–Crippen LogP) is 2.02. The third-order valence-corrected chi connectivity index (χ3v) is 5.67. The van der Waals surface area contributed by atoms with Gasteiger partial charge in [0.05, 0.1) is 18.8 Å². The number of pyridine rings is 1. The molecule has 2 aromatic heterocycles. The van der Waals surface area contributed by atoms with Gasteiger partial charge in [-0.15, -0.1) is 0 Å². The highest BCUT2D eigenvalue weighted by atomic mass is 16.5. The Kier molecular flexibility index (Phi) is 4.61. The lowest BCUT2D eigenvalue weighted by atomic mass is 10.0. The Balaban J connectivity index is 1.46. The molecule has 1 N–H and O–H groups in total. The smallest absolute Gasteiger partial charge is 0.255 e. The van der Waals surface area contributed by atoms with Gasteiger partial charge >= 0.3 is 0 Å². The van der Waals surface area contributed by atoms with Crippen molar-refractivity contribution in [3.63, 3.8) is 0 Å². The van der Waals surface area contributed by atoms with Gasteiger partial charge in [-0.25, -0.2) is 4.98 Å². The van der Waals surface area contributed by atoms with Crippen molar-refractivity contribution in [2.45, 2.75) is 19.2 Å². The van der Waals surface area contributed by atoms with Crippen molar-refractivity contribution in [2.24, 2.45) is 7.05 Å². The average molecular weight is 389 g/mol.